The van der Waals surface area contributed by atoms with Gasteiger partial charge in [0.15, 0.2) is 0 Å². The number of hydrogen-bond donors (Lipinski definition) is 3. The summed E-state index contributed by atoms with van der Waals surface area (Å²) < 4.78 is 0. The standard InChI is InChI=1S/C10H16N4O2/c1-14(2)6-5-13-9-8(11)7(10(15)16)3-4-12-9/h3-4H,5-6,11H2,1-2H3,(H,12,13)(H,15,16). The third kappa shape index (κ3) is 3.09. The van der Waals surface area contributed by atoms with E-state index in [1.807, 2.05) is 19.0 Å². The van der Waals surface area contributed by atoms with E-state index in [1.54, 1.807) is 0 Å². The van der Waals surface area contributed by atoms with Gasteiger partial charge in [-0.1, -0.05) is 0 Å². The van der Waals surface area contributed by atoms with Crippen molar-refractivity contribution < 1.29 is 9.90 Å². The first-order valence-corrected chi connectivity index (χ1v) is 4.88. The lowest BCUT2D eigenvalue weighted by Gasteiger charge is -2.12. The second kappa shape index (κ2) is 5.32. The van der Waals surface area contributed by atoms with Crippen LogP contribution in [0.15, 0.2) is 12.3 Å². The van der Waals surface area contributed by atoms with Gasteiger partial charge in [-0.05, 0) is 20.2 Å². The summed E-state index contributed by atoms with van der Waals surface area (Å²) in [4.78, 5) is 16.8. The number of rotatable bonds is 5. The second-order valence-electron chi connectivity index (χ2n) is 3.66. The molecule has 0 unspecified atom stereocenters. The number of likely N-dealkylation sites (N-methyl/N-ethyl adjacent to an activating group) is 1. The third-order valence-corrected chi connectivity index (χ3v) is 2.07. The zero-order chi connectivity index (χ0) is 12.1. The Morgan fingerprint density at radius 2 is 2.31 bits per heavy atom. The average molecular weight is 224 g/mol. The summed E-state index contributed by atoms with van der Waals surface area (Å²) >= 11 is 0. The number of hydrogen-bond acceptors (Lipinski definition) is 5. The van der Waals surface area contributed by atoms with Crippen molar-refractivity contribution in [2.45, 2.75) is 0 Å². The summed E-state index contributed by atoms with van der Waals surface area (Å²) in [5.74, 6) is -0.627. The van der Waals surface area contributed by atoms with Crippen molar-refractivity contribution >= 4 is 17.5 Å². The molecular weight excluding hydrogens is 208 g/mol. The number of anilines is 2. The van der Waals surface area contributed by atoms with Crippen LogP contribution in [0, 0.1) is 0 Å². The average Bonchev–Trinajstić information content (AvgIpc) is 2.19. The van der Waals surface area contributed by atoms with Crippen molar-refractivity contribution in [2.24, 2.45) is 0 Å². The zero-order valence-corrected chi connectivity index (χ0v) is 9.40. The number of nitrogens with one attached hydrogen (secondary N) is 1. The molecule has 0 bridgehead atoms. The molecule has 0 aliphatic heterocycles. The van der Waals surface area contributed by atoms with E-state index in [4.69, 9.17) is 10.8 Å². The van der Waals surface area contributed by atoms with Gasteiger partial charge in [0.2, 0.25) is 0 Å². The van der Waals surface area contributed by atoms with Gasteiger partial charge in [0.25, 0.3) is 0 Å². The van der Waals surface area contributed by atoms with Gasteiger partial charge in [0.05, 0.1) is 11.3 Å². The molecule has 0 spiro atoms. The van der Waals surface area contributed by atoms with Gasteiger partial charge in [0, 0.05) is 19.3 Å². The van der Waals surface area contributed by atoms with E-state index in [-0.39, 0.29) is 11.3 Å². The van der Waals surface area contributed by atoms with Crippen LogP contribution in [0.2, 0.25) is 0 Å². The number of carboxylic acid groups (broad SMARTS) is 1. The Morgan fingerprint density at radius 3 is 2.88 bits per heavy atom. The zero-order valence-electron chi connectivity index (χ0n) is 9.40. The van der Waals surface area contributed by atoms with Crippen LogP contribution in [0.3, 0.4) is 0 Å². The number of carbonyl (C=O) groups is 1. The predicted molar refractivity (Wildman–Crippen MR) is 62.7 cm³/mol. The minimum atomic E-state index is -1.05. The maximum absolute atomic E-state index is 10.8. The monoisotopic (exact) mass is 224 g/mol. The highest BCUT2D eigenvalue weighted by Crippen LogP contribution is 2.19. The lowest BCUT2D eigenvalue weighted by atomic mass is 10.2. The predicted octanol–water partition coefficient (Wildman–Crippen LogP) is 0.335. The van der Waals surface area contributed by atoms with Crippen molar-refractivity contribution in [1.82, 2.24) is 9.88 Å². The summed E-state index contributed by atoms with van der Waals surface area (Å²) in [5, 5.41) is 11.9. The van der Waals surface area contributed by atoms with E-state index in [1.165, 1.54) is 12.3 Å². The first-order valence-electron chi connectivity index (χ1n) is 4.88. The Bertz CT molecular complexity index is 379. The Morgan fingerprint density at radius 1 is 1.62 bits per heavy atom. The number of aromatic carboxylic acids is 1. The van der Waals surface area contributed by atoms with Gasteiger partial charge in [-0.3, -0.25) is 0 Å². The Balaban J connectivity index is 2.73. The molecule has 4 N–H and O–H groups in total. The minimum absolute atomic E-state index is 0.0716. The lowest BCUT2D eigenvalue weighted by Crippen LogP contribution is -2.21. The van der Waals surface area contributed by atoms with Gasteiger partial charge < -0.3 is 21.1 Å². The number of nitrogens with zero attached hydrogens (tertiary/aromatic N) is 2. The number of carboxylic acids is 1. The Hall–Kier alpha value is -1.82. The van der Waals surface area contributed by atoms with Crippen LogP contribution in [-0.2, 0) is 0 Å². The Kier molecular flexibility index (Phi) is 4.07. The molecule has 6 heteroatoms. The molecule has 0 fully saturated rings. The van der Waals surface area contributed by atoms with Crippen LogP contribution in [0.5, 0.6) is 0 Å². The quantitative estimate of drug-likeness (QED) is 0.668. The number of aromatic nitrogens is 1. The van der Waals surface area contributed by atoms with Crippen molar-refractivity contribution in [1.29, 1.82) is 0 Å². The van der Waals surface area contributed by atoms with Crippen LogP contribution in [0.1, 0.15) is 10.4 Å². The van der Waals surface area contributed by atoms with E-state index in [0.29, 0.717) is 12.4 Å². The largest absolute Gasteiger partial charge is 0.478 e. The maximum Gasteiger partial charge on any atom is 0.337 e. The highest BCUT2D eigenvalue weighted by molar-refractivity contribution is 5.96. The normalized spacial score (nSPS) is 10.4. The molecule has 0 saturated carbocycles. The molecule has 0 aliphatic carbocycles. The van der Waals surface area contributed by atoms with Gasteiger partial charge >= 0.3 is 5.97 Å². The van der Waals surface area contributed by atoms with Crippen LogP contribution in [0.25, 0.3) is 0 Å². The molecule has 88 valence electrons. The molecule has 0 radical (unpaired) electrons. The second-order valence-corrected chi connectivity index (χ2v) is 3.66. The number of pyridine rings is 1. The van der Waals surface area contributed by atoms with Gasteiger partial charge in [0.1, 0.15) is 5.82 Å². The highest BCUT2D eigenvalue weighted by atomic mass is 16.4. The fraction of sp³-hybridized carbons (Fsp3) is 0.400. The van der Waals surface area contributed by atoms with Gasteiger partial charge in [-0.25, -0.2) is 9.78 Å². The topological polar surface area (TPSA) is 91.5 Å². The molecule has 6 nitrogen and oxygen atoms in total. The molecule has 0 aliphatic rings. The molecular formula is C10H16N4O2. The van der Waals surface area contributed by atoms with Gasteiger partial charge in [-0.2, -0.15) is 0 Å². The maximum atomic E-state index is 10.8. The summed E-state index contributed by atoms with van der Waals surface area (Å²) in [5.41, 5.74) is 5.93. The first-order chi connectivity index (χ1) is 7.52. The van der Waals surface area contributed by atoms with E-state index in [9.17, 15) is 4.79 Å². The van der Waals surface area contributed by atoms with Crippen molar-refractivity contribution in [2.75, 3.05) is 38.2 Å². The van der Waals surface area contributed by atoms with E-state index in [2.05, 4.69) is 10.3 Å². The summed E-state index contributed by atoms with van der Waals surface area (Å²) in [6, 6.07) is 1.38. The number of nitrogen functional groups attached to an aromatic ring is 1. The molecule has 1 aromatic rings. The third-order valence-electron chi connectivity index (χ3n) is 2.07. The van der Waals surface area contributed by atoms with E-state index < -0.39 is 5.97 Å². The van der Waals surface area contributed by atoms with Crippen LogP contribution < -0.4 is 11.1 Å². The summed E-state index contributed by atoms with van der Waals surface area (Å²) in [7, 11) is 3.90. The van der Waals surface area contributed by atoms with Crippen molar-refractivity contribution in [3.05, 3.63) is 17.8 Å². The molecule has 16 heavy (non-hydrogen) atoms. The van der Waals surface area contributed by atoms with Crippen LogP contribution in [-0.4, -0.2) is 48.1 Å². The summed E-state index contributed by atoms with van der Waals surface area (Å²) in [6.07, 6.45) is 1.43. The van der Waals surface area contributed by atoms with Gasteiger partial charge in [-0.15, -0.1) is 0 Å². The SMILES string of the molecule is CN(C)CCNc1nccc(C(=O)O)c1N. The highest BCUT2D eigenvalue weighted by Gasteiger charge is 2.11. The minimum Gasteiger partial charge on any atom is -0.478 e. The molecule has 0 aromatic carbocycles. The lowest BCUT2D eigenvalue weighted by molar-refractivity contribution is 0.0698. The van der Waals surface area contributed by atoms with E-state index in [0.717, 1.165) is 6.54 Å². The fourth-order valence-electron chi connectivity index (χ4n) is 1.20. The molecule has 1 aromatic heterocycles. The Labute approximate surface area is 94.1 Å². The van der Waals surface area contributed by atoms with Crippen LogP contribution in [0.4, 0.5) is 11.5 Å². The van der Waals surface area contributed by atoms with Crippen LogP contribution >= 0.6 is 0 Å². The van der Waals surface area contributed by atoms with E-state index >= 15 is 0 Å². The fourth-order valence-corrected chi connectivity index (χ4v) is 1.20. The number of nitrogens with two attached hydrogens (primary N) is 1. The molecule has 0 amide bonds. The molecule has 1 heterocycles. The molecule has 0 atom stereocenters. The van der Waals surface area contributed by atoms with Crippen molar-refractivity contribution in [3.8, 4) is 0 Å². The summed E-state index contributed by atoms with van der Waals surface area (Å²) in [6.45, 7) is 1.48. The first kappa shape index (κ1) is 12.3. The molecule has 1 rings (SSSR count). The molecule has 0 saturated heterocycles. The smallest absolute Gasteiger partial charge is 0.337 e. The van der Waals surface area contributed by atoms with Crippen molar-refractivity contribution in [3.63, 3.8) is 0 Å².